The summed E-state index contributed by atoms with van der Waals surface area (Å²) in [5, 5.41) is 4.76. The first kappa shape index (κ1) is 25.7. The predicted molar refractivity (Wildman–Crippen MR) is 137 cm³/mol. The number of rotatable bonds is 4. The highest BCUT2D eigenvalue weighted by molar-refractivity contribution is 5.51. The van der Waals surface area contributed by atoms with Crippen LogP contribution >= 0.6 is 0 Å². The van der Waals surface area contributed by atoms with E-state index in [9.17, 15) is 18.4 Å². The van der Waals surface area contributed by atoms with Crippen molar-refractivity contribution in [1.82, 2.24) is 19.2 Å². The highest BCUT2D eigenvalue weighted by atomic mass is 19.3. The number of hydrogen-bond acceptors (Lipinski definition) is 5. The van der Waals surface area contributed by atoms with Crippen molar-refractivity contribution in [3.05, 3.63) is 73.2 Å². The first-order valence-electron chi connectivity index (χ1n) is 13.2. The maximum absolute atomic E-state index is 13.9. The van der Waals surface area contributed by atoms with Crippen LogP contribution in [0.4, 0.5) is 8.78 Å². The largest absolute Gasteiger partial charge is 0.373 e. The topological polar surface area (TPSA) is 78.5 Å². The van der Waals surface area contributed by atoms with Gasteiger partial charge in [0.25, 0.3) is 11.1 Å². The van der Waals surface area contributed by atoms with Crippen molar-refractivity contribution in [1.29, 1.82) is 0 Å². The predicted octanol–water partition coefficient (Wildman–Crippen LogP) is 5.38. The molecular weight excluding hydrogens is 478 g/mol. The van der Waals surface area contributed by atoms with Crippen LogP contribution in [-0.4, -0.2) is 31.7 Å². The third-order valence-electron chi connectivity index (χ3n) is 8.06. The molecule has 1 saturated heterocycles. The molecule has 0 bridgehead atoms. The summed E-state index contributed by atoms with van der Waals surface area (Å²) in [5.41, 5.74) is 3.88. The molecule has 0 unspecified atom stereocenters. The zero-order chi connectivity index (χ0) is 26.5. The lowest BCUT2D eigenvalue weighted by Crippen LogP contribution is -2.28. The third-order valence-corrected chi connectivity index (χ3v) is 8.06. The van der Waals surface area contributed by atoms with Crippen LogP contribution < -0.4 is 11.1 Å². The van der Waals surface area contributed by atoms with E-state index in [-0.39, 0.29) is 47.9 Å². The molecule has 2 fully saturated rings. The lowest BCUT2D eigenvalue weighted by molar-refractivity contribution is -0.0382. The molecule has 1 aliphatic heterocycles. The Morgan fingerprint density at radius 1 is 1.08 bits per heavy atom. The highest BCUT2D eigenvalue weighted by Crippen LogP contribution is 2.43. The Morgan fingerprint density at radius 2 is 1.81 bits per heavy atom. The van der Waals surface area contributed by atoms with Gasteiger partial charge < -0.3 is 9.30 Å². The van der Waals surface area contributed by atoms with Gasteiger partial charge in [0.05, 0.1) is 11.8 Å². The minimum absolute atomic E-state index is 0.0138. The van der Waals surface area contributed by atoms with Crippen molar-refractivity contribution in [2.45, 2.75) is 96.1 Å². The van der Waals surface area contributed by atoms with Gasteiger partial charge in [0.15, 0.2) is 5.65 Å². The van der Waals surface area contributed by atoms with Crippen molar-refractivity contribution in [3.63, 3.8) is 0 Å². The Balaban J connectivity index is 1.55. The van der Waals surface area contributed by atoms with Crippen LogP contribution in [0, 0.1) is 13.8 Å². The monoisotopic (exact) mass is 512 g/mol. The first-order chi connectivity index (χ1) is 17.5. The number of ether oxygens (including phenoxy) is 1. The number of halogens is 2. The third kappa shape index (κ3) is 4.98. The lowest BCUT2D eigenvalue weighted by Gasteiger charge is -2.32. The zero-order valence-corrected chi connectivity index (χ0v) is 21.8. The fourth-order valence-corrected chi connectivity index (χ4v) is 5.61. The van der Waals surface area contributed by atoms with Crippen LogP contribution in [-0.2, 0) is 4.74 Å². The van der Waals surface area contributed by atoms with Crippen molar-refractivity contribution in [2.75, 3.05) is 6.61 Å². The van der Waals surface area contributed by atoms with Crippen LogP contribution in [0.5, 0.6) is 0 Å². The number of aromatic nitrogens is 4. The fraction of sp³-hybridized carbons (Fsp3) is 0.571. The molecule has 9 heteroatoms. The first-order valence-corrected chi connectivity index (χ1v) is 13.2. The summed E-state index contributed by atoms with van der Waals surface area (Å²) in [6, 6.07) is 5.41. The Hall–Kier alpha value is -2.94. The van der Waals surface area contributed by atoms with E-state index in [0.717, 1.165) is 23.2 Å². The second-order valence-corrected chi connectivity index (χ2v) is 10.9. The molecule has 3 aromatic heterocycles. The van der Waals surface area contributed by atoms with Crippen LogP contribution in [0.1, 0.15) is 104 Å². The van der Waals surface area contributed by atoms with Gasteiger partial charge in [-0.25, -0.2) is 13.8 Å². The summed E-state index contributed by atoms with van der Waals surface area (Å²) < 4.78 is 37.1. The molecule has 1 aliphatic carbocycles. The highest BCUT2D eigenvalue weighted by Gasteiger charge is 2.37. The summed E-state index contributed by atoms with van der Waals surface area (Å²) >= 11 is 0. The molecule has 37 heavy (non-hydrogen) atoms. The molecule has 1 saturated carbocycles. The zero-order valence-electron chi connectivity index (χ0n) is 21.8. The molecule has 7 nitrogen and oxygen atoms in total. The van der Waals surface area contributed by atoms with Gasteiger partial charge in [-0.05, 0) is 77.0 Å². The summed E-state index contributed by atoms with van der Waals surface area (Å²) in [7, 11) is 0. The van der Waals surface area contributed by atoms with Crippen LogP contribution in [0.25, 0.3) is 5.65 Å². The van der Waals surface area contributed by atoms with Gasteiger partial charge in [-0.3, -0.25) is 9.59 Å². The molecule has 0 aromatic carbocycles. The van der Waals surface area contributed by atoms with Crippen molar-refractivity contribution < 1.29 is 13.5 Å². The molecule has 2 atom stereocenters. The SMILES string of the molecule is Cc1nc2c(C3CCC(F)(F)CC3)cc([C@H]3CCO[C@@H](c4ccc(=O)n(C(C)C)c4)C3)nn2c(=O)c1C. The van der Waals surface area contributed by atoms with E-state index in [4.69, 9.17) is 9.84 Å². The van der Waals surface area contributed by atoms with Crippen LogP contribution in [0.3, 0.4) is 0 Å². The van der Waals surface area contributed by atoms with Gasteiger partial charge >= 0.3 is 0 Å². The summed E-state index contributed by atoms with van der Waals surface area (Å²) in [6.45, 7) is 7.98. The Morgan fingerprint density at radius 3 is 2.51 bits per heavy atom. The second-order valence-electron chi connectivity index (χ2n) is 10.9. The summed E-state index contributed by atoms with van der Waals surface area (Å²) in [5.74, 6) is -2.73. The fourth-order valence-electron chi connectivity index (χ4n) is 5.61. The van der Waals surface area contributed by atoms with Crippen molar-refractivity contribution >= 4 is 5.65 Å². The molecule has 198 valence electrons. The number of aryl methyl sites for hydroxylation is 1. The van der Waals surface area contributed by atoms with Gasteiger partial charge in [-0.1, -0.05) is 0 Å². The molecule has 0 N–H and O–H groups in total. The van der Waals surface area contributed by atoms with E-state index in [1.807, 2.05) is 32.2 Å². The average Bonchev–Trinajstić information content (AvgIpc) is 2.87. The van der Waals surface area contributed by atoms with Gasteiger partial charge in [0.2, 0.25) is 5.92 Å². The molecule has 0 spiro atoms. The number of pyridine rings is 1. The van der Waals surface area contributed by atoms with E-state index < -0.39 is 5.92 Å². The minimum Gasteiger partial charge on any atom is -0.373 e. The second kappa shape index (κ2) is 9.74. The van der Waals surface area contributed by atoms with E-state index in [1.54, 1.807) is 24.5 Å². The number of alkyl halides is 2. The maximum Gasteiger partial charge on any atom is 0.277 e. The Kier molecular flexibility index (Phi) is 6.77. The van der Waals surface area contributed by atoms with E-state index in [0.29, 0.717) is 42.8 Å². The number of fused-ring (bicyclic) bond motifs is 1. The summed E-state index contributed by atoms with van der Waals surface area (Å²) in [4.78, 5) is 30.2. The quantitative estimate of drug-likeness (QED) is 0.469. The number of hydrogen-bond donors (Lipinski definition) is 0. The van der Waals surface area contributed by atoms with Crippen molar-refractivity contribution in [3.8, 4) is 0 Å². The van der Waals surface area contributed by atoms with E-state index in [1.165, 1.54) is 4.52 Å². The smallest absolute Gasteiger partial charge is 0.277 e. The molecule has 0 amide bonds. The Labute approximate surface area is 214 Å². The average molecular weight is 513 g/mol. The van der Waals surface area contributed by atoms with Gasteiger partial charge in [0.1, 0.15) is 0 Å². The Bertz CT molecular complexity index is 1440. The number of nitrogens with zero attached hydrogens (tertiary/aromatic N) is 4. The minimum atomic E-state index is -2.64. The van der Waals surface area contributed by atoms with Crippen LogP contribution in [0.2, 0.25) is 0 Å². The van der Waals surface area contributed by atoms with Gasteiger partial charge in [0, 0.05) is 60.5 Å². The molecule has 0 radical (unpaired) electrons. The van der Waals surface area contributed by atoms with Crippen LogP contribution in [0.15, 0.2) is 34.0 Å². The molecule has 3 aromatic rings. The molecule has 2 aliphatic rings. The molecular formula is C28H34F2N4O3. The normalized spacial score (nSPS) is 22.6. The van der Waals surface area contributed by atoms with Gasteiger partial charge in [-0.2, -0.15) is 9.61 Å². The molecule has 4 heterocycles. The standard InChI is InChI=1S/C28H34F2N4O3/c1-16(2)33-15-21(5-6-25(33)35)24-13-20(9-12-37-24)23-14-22(19-7-10-28(29,30)11-8-19)26-31-18(4)17(3)27(36)34(26)32-23/h5-6,14-16,19-20,24H,7-13H2,1-4H3/t20-,24+/m0/s1. The molecule has 5 rings (SSSR count). The van der Waals surface area contributed by atoms with E-state index >= 15 is 0 Å². The summed E-state index contributed by atoms with van der Waals surface area (Å²) in [6.07, 6.45) is 3.39. The van der Waals surface area contributed by atoms with Gasteiger partial charge in [-0.15, -0.1) is 0 Å². The van der Waals surface area contributed by atoms with E-state index in [2.05, 4.69) is 4.98 Å². The lowest BCUT2D eigenvalue weighted by atomic mass is 9.81. The maximum atomic E-state index is 13.9. The van der Waals surface area contributed by atoms with Crippen molar-refractivity contribution in [2.24, 2.45) is 0 Å².